The van der Waals surface area contributed by atoms with E-state index in [1.807, 2.05) is 18.2 Å². The van der Waals surface area contributed by atoms with Crippen LogP contribution in [0.4, 0.5) is 5.82 Å². The molecule has 1 aliphatic heterocycles. The molecule has 0 unspecified atom stereocenters. The maximum Gasteiger partial charge on any atom is 0.212 e. The van der Waals surface area contributed by atoms with Crippen LogP contribution in [0.5, 0.6) is 0 Å². The third kappa shape index (κ3) is 4.27. The zero-order valence-electron chi connectivity index (χ0n) is 15.2. The minimum Gasteiger partial charge on any atom is -0.379 e. The molecule has 1 aromatic carbocycles. The average Bonchev–Trinajstić information content (AvgIpc) is 3.01. The Labute approximate surface area is 148 Å². The molecular formula is C19H26N4O2. The number of ether oxygens (including phenoxy) is 1. The number of rotatable bonds is 5. The Bertz CT molecular complexity index is 710. The summed E-state index contributed by atoms with van der Waals surface area (Å²) < 4.78 is 7.18. The molecule has 25 heavy (non-hydrogen) atoms. The summed E-state index contributed by atoms with van der Waals surface area (Å²) in [5.74, 6) is 0.681. The van der Waals surface area contributed by atoms with Gasteiger partial charge >= 0.3 is 0 Å². The summed E-state index contributed by atoms with van der Waals surface area (Å²) in [7, 11) is 0. The lowest BCUT2D eigenvalue weighted by molar-refractivity contribution is -0.105. The fourth-order valence-electron chi connectivity index (χ4n) is 2.87. The molecule has 6 nitrogen and oxygen atoms in total. The zero-order valence-corrected chi connectivity index (χ0v) is 15.2. The zero-order chi connectivity index (χ0) is 17.9. The van der Waals surface area contributed by atoms with Crippen LogP contribution in [0, 0.1) is 0 Å². The second kappa shape index (κ2) is 7.37. The molecule has 1 N–H and O–H groups in total. The number of hydrogen-bond acceptors (Lipinski definition) is 4. The maximum atomic E-state index is 10.9. The largest absolute Gasteiger partial charge is 0.379 e. The summed E-state index contributed by atoms with van der Waals surface area (Å²) in [4.78, 5) is 13.3. The molecule has 1 fully saturated rings. The number of benzene rings is 1. The first-order chi connectivity index (χ1) is 12.0. The summed E-state index contributed by atoms with van der Waals surface area (Å²) >= 11 is 0. The van der Waals surface area contributed by atoms with Crippen LogP contribution in [0.3, 0.4) is 0 Å². The SMILES string of the molecule is CC(C)(C)c1cc(NC=O)n(-c2ccc(CN3CCOCC3)cc2)n1. The van der Waals surface area contributed by atoms with E-state index in [0.29, 0.717) is 12.2 Å². The van der Waals surface area contributed by atoms with Gasteiger partial charge in [0, 0.05) is 31.1 Å². The highest BCUT2D eigenvalue weighted by molar-refractivity contribution is 5.70. The lowest BCUT2D eigenvalue weighted by Gasteiger charge is -2.26. The van der Waals surface area contributed by atoms with Crippen molar-refractivity contribution in [3.05, 3.63) is 41.6 Å². The van der Waals surface area contributed by atoms with Crippen molar-refractivity contribution in [1.29, 1.82) is 0 Å². The molecule has 6 heteroatoms. The summed E-state index contributed by atoms with van der Waals surface area (Å²) in [5.41, 5.74) is 3.06. The highest BCUT2D eigenvalue weighted by Crippen LogP contribution is 2.26. The molecule has 1 aromatic heterocycles. The van der Waals surface area contributed by atoms with E-state index in [-0.39, 0.29) is 5.41 Å². The minimum absolute atomic E-state index is 0.0825. The molecule has 0 radical (unpaired) electrons. The third-order valence-electron chi connectivity index (χ3n) is 4.38. The Morgan fingerprint density at radius 2 is 1.88 bits per heavy atom. The Balaban J connectivity index is 1.81. The lowest BCUT2D eigenvalue weighted by Crippen LogP contribution is -2.35. The van der Waals surface area contributed by atoms with Gasteiger partial charge < -0.3 is 10.1 Å². The van der Waals surface area contributed by atoms with Crippen molar-refractivity contribution in [3.63, 3.8) is 0 Å². The average molecular weight is 342 g/mol. The predicted octanol–water partition coefficient (Wildman–Crippen LogP) is 2.57. The van der Waals surface area contributed by atoms with Crippen LogP contribution < -0.4 is 5.32 Å². The van der Waals surface area contributed by atoms with Crippen molar-refractivity contribution in [2.75, 3.05) is 31.6 Å². The smallest absolute Gasteiger partial charge is 0.212 e. The Hall–Kier alpha value is -2.18. The highest BCUT2D eigenvalue weighted by Gasteiger charge is 2.20. The molecule has 3 rings (SSSR count). The van der Waals surface area contributed by atoms with E-state index in [9.17, 15) is 4.79 Å². The molecule has 0 aliphatic carbocycles. The van der Waals surface area contributed by atoms with Crippen LogP contribution >= 0.6 is 0 Å². The minimum atomic E-state index is -0.0825. The molecule has 1 aliphatic rings. The number of aromatic nitrogens is 2. The molecule has 1 amide bonds. The molecule has 0 bridgehead atoms. The quantitative estimate of drug-likeness (QED) is 0.849. The topological polar surface area (TPSA) is 59.4 Å². The molecule has 2 heterocycles. The van der Waals surface area contributed by atoms with Crippen LogP contribution in [0.2, 0.25) is 0 Å². The van der Waals surface area contributed by atoms with E-state index >= 15 is 0 Å². The Kier molecular flexibility index (Phi) is 5.20. The highest BCUT2D eigenvalue weighted by atomic mass is 16.5. The van der Waals surface area contributed by atoms with E-state index in [0.717, 1.165) is 44.2 Å². The van der Waals surface area contributed by atoms with Gasteiger partial charge in [-0.2, -0.15) is 5.10 Å². The van der Waals surface area contributed by atoms with Crippen molar-refractivity contribution in [1.82, 2.24) is 14.7 Å². The van der Waals surface area contributed by atoms with E-state index in [1.54, 1.807) is 4.68 Å². The Morgan fingerprint density at radius 3 is 2.48 bits per heavy atom. The first-order valence-corrected chi connectivity index (χ1v) is 8.67. The fourth-order valence-corrected chi connectivity index (χ4v) is 2.87. The van der Waals surface area contributed by atoms with Crippen LogP contribution in [-0.2, 0) is 21.5 Å². The van der Waals surface area contributed by atoms with Crippen molar-refractivity contribution >= 4 is 12.2 Å². The summed E-state index contributed by atoms with van der Waals surface area (Å²) in [6.45, 7) is 10.8. The van der Waals surface area contributed by atoms with Gasteiger partial charge in [-0.1, -0.05) is 32.9 Å². The van der Waals surface area contributed by atoms with Crippen molar-refractivity contribution in [2.24, 2.45) is 0 Å². The second-order valence-corrected chi connectivity index (χ2v) is 7.39. The second-order valence-electron chi connectivity index (χ2n) is 7.39. The molecule has 0 saturated carbocycles. The number of nitrogens with one attached hydrogen (secondary N) is 1. The number of morpholine rings is 1. The summed E-state index contributed by atoms with van der Waals surface area (Å²) in [6, 6.07) is 10.3. The summed E-state index contributed by atoms with van der Waals surface area (Å²) in [6.07, 6.45) is 0.687. The molecule has 1 saturated heterocycles. The third-order valence-corrected chi connectivity index (χ3v) is 4.38. The summed E-state index contributed by atoms with van der Waals surface area (Å²) in [5, 5.41) is 7.43. The van der Waals surface area contributed by atoms with Gasteiger partial charge in [-0.15, -0.1) is 0 Å². The van der Waals surface area contributed by atoms with Gasteiger partial charge in [-0.05, 0) is 17.7 Å². The van der Waals surface area contributed by atoms with Crippen LogP contribution in [0.15, 0.2) is 30.3 Å². The van der Waals surface area contributed by atoms with Crippen molar-refractivity contribution in [2.45, 2.75) is 32.7 Å². The number of hydrogen-bond donors (Lipinski definition) is 1. The van der Waals surface area contributed by atoms with Gasteiger partial charge in [0.25, 0.3) is 0 Å². The predicted molar refractivity (Wildman–Crippen MR) is 98.0 cm³/mol. The van der Waals surface area contributed by atoms with E-state index < -0.39 is 0 Å². The van der Waals surface area contributed by atoms with Gasteiger partial charge in [0.15, 0.2) is 0 Å². The maximum absolute atomic E-state index is 10.9. The van der Waals surface area contributed by atoms with Gasteiger partial charge in [-0.25, -0.2) is 4.68 Å². The van der Waals surface area contributed by atoms with Crippen LogP contribution in [-0.4, -0.2) is 47.4 Å². The van der Waals surface area contributed by atoms with Gasteiger partial charge in [0.1, 0.15) is 5.82 Å². The molecule has 0 atom stereocenters. The molecular weight excluding hydrogens is 316 g/mol. The monoisotopic (exact) mass is 342 g/mol. The van der Waals surface area contributed by atoms with E-state index in [2.05, 4.69) is 48.2 Å². The van der Waals surface area contributed by atoms with E-state index in [1.165, 1.54) is 5.56 Å². The Morgan fingerprint density at radius 1 is 1.20 bits per heavy atom. The van der Waals surface area contributed by atoms with E-state index in [4.69, 9.17) is 4.74 Å². The normalized spacial score (nSPS) is 16.0. The lowest BCUT2D eigenvalue weighted by atomic mass is 9.92. The van der Waals surface area contributed by atoms with Gasteiger partial charge in [-0.3, -0.25) is 9.69 Å². The number of nitrogens with zero attached hydrogens (tertiary/aromatic N) is 3. The molecule has 2 aromatic rings. The fraction of sp³-hybridized carbons (Fsp3) is 0.474. The number of carbonyl (C=O) groups is 1. The number of anilines is 1. The number of amides is 1. The molecule has 134 valence electrons. The number of carbonyl (C=O) groups excluding carboxylic acids is 1. The van der Waals surface area contributed by atoms with Crippen LogP contribution in [0.25, 0.3) is 5.69 Å². The van der Waals surface area contributed by atoms with Gasteiger partial charge in [0.2, 0.25) is 6.41 Å². The van der Waals surface area contributed by atoms with Crippen molar-refractivity contribution in [3.8, 4) is 5.69 Å². The van der Waals surface area contributed by atoms with Gasteiger partial charge in [0.05, 0.1) is 24.6 Å². The standard InChI is InChI=1S/C19H26N4O2/c1-19(2,3)17-12-18(20-14-24)23(21-17)16-6-4-15(5-7-16)13-22-8-10-25-11-9-22/h4-7,12,14H,8-11,13H2,1-3H3,(H,20,24). The first kappa shape index (κ1) is 17.6. The first-order valence-electron chi connectivity index (χ1n) is 8.67. The molecule has 0 spiro atoms. The van der Waals surface area contributed by atoms with Crippen LogP contribution in [0.1, 0.15) is 32.0 Å². The van der Waals surface area contributed by atoms with Crippen molar-refractivity contribution < 1.29 is 9.53 Å².